The number of hydrogen-bond donors (Lipinski definition) is 0. The van der Waals surface area contributed by atoms with E-state index in [1.54, 1.807) is 10.4 Å². The maximum absolute atomic E-state index is 2.55. The molecule has 0 N–H and O–H groups in total. The van der Waals surface area contributed by atoms with Crippen LogP contribution in [0.5, 0.6) is 0 Å². The summed E-state index contributed by atoms with van der Waals surface area (Å²) in [5, 5.41) is 3.42. The lowest BCUT2D eigenvalue weighted by atomic mass is 9.97. The van der Waals surface area contributed by atoms with Gasteiger partial charge >= 0.3 is 0 Å². The average molecular weight is 317 g/mol. The van der Waals surface area contributed by atoms with E-state index in [-0.39, 0.29) is 0 Å². The van der Waals surface area contributed by atoms with Crippen LogP contribution in [0, 0.1) is 11.8 Å². The molecule has 0 heterocycles. The predicted octanol–water partition coefficient (Wildman–Crippen LogP) is 5.77. The van der Waals surface area contributed by atoms with Crippen LogP contribution in [0.2, 0.25) is 13.1 Å². The van der Waals surface area contributed by atoms with Gasteiger partial charge in [0, 0.05) is 11.8 Å². The van der Waals surface area contributed by atoms with Crippen LogP contribution in [-0.4, -0.2) is 8.07 Å². The van der Waals surface area contributed by atoms with E-state index in [2.05, 4.69) is 87.7 Å². The number of fused-ring (bicyclic) bond motifs is 2. The van der Waals surface area contributed by atoms with Gasteiger partial charge in [0.05, 0.1) is 0 Å². The zero-order chi connectivity index (χ0) is 16.2. The molecule has 0 nitrogen and oxygen atoms in total. The summed E-state index contributed by atoms with van der Waals surface area (Å²) < 4.78 is 0. The maximum Gasteiger partial charge on any atom is 0.106 e. The molecule has 0 fully saturated rings. The highest BCUT2D eigenvalue weighted by molar-refractivity contribution is 6.91. The lowest BCUT2D eigenvalue weighted by Gasteiger charge is -2.36. The maximum atomic E-state index is 2.55. The number of rotatable bonds is 2. The van der Waals surface area contributed by atoms with Crippen LogP contribution in [0.3, 0.4) is 0 Å². The molecule has 0 amide bonds. The Morgan fingerprint density at radius 3 is 1.57 bits per heavy atom. The molecule has 0 bridgehead atoms. The Bertz CT molecular complexity index is 748. The van der Waals surface area contributed by atoms with Gasteiger partial charge in [0.15, 0.2) is 0 Å². The molecule has 0 aromatic carbocycles. The summed E-state index contributed by atoms with van der Waals surface area (Å²) in [6.45, 7) is 9.73. The fourth-order valence-corrected chi connectivity index (χ4v) is 9.46. The van der Waals surface area contributed by atoms with Gasteiger partial charge in [0.2, 0.25) is 0 Å². The van der Waals surface area contributed by atoms with Crippen LogP contribution in [0.25, 0.3) is 0 Å². The molecule has 4 aliphatic carbocycles. The van der Waals surface area contributed by atoms with Gasteiger partial charge in [0.1, 0.15) is 8.07 Å². The number of allylic oxidation sites excluding steroid dienone is 16. The summed E-state index contributed by atoms with van der Waals surface area (Å²) >= 11 is 0. The minimum Gasteiger partial charge on any atom is -0.0733 e. The predicted molar refractivity (Wildman–Crippen MR) is 103 cm³/mol. The van der Waals surface area contributed by atoms with Crippen molar-refractivity contribution in [2.75, 3.05) is 0 Å². The monoisotopic (exact) mass is 316 g/mol. The first-order valence-corrected chi connectivity index (χ1v) is 11.6. The molecule has 0 aromatic heterocycles. The zero-order valence-electron chi connectivity index (χ0n) is 14.4. The van der Waals surface area contributed by atoms with E-state index >= 15 is 0 Å². The van der Waals surface area contributed by atoms with Crippen molar-refractivity contribution in [2.24, 2.45) is 11.8 Å². The topological polar surface area (TPSA) is 0 Å². The van der Waals surface area contributed by atoms with E-state index < -0.39 is 8.07 Å². The van der Waals surface area contributed by atoms with E-state index in [1.165, 1.54) is 22.3 Å². The average Bonchev–Trinajstić information content (AvgIpc) is 3.02. The minimum absolute atomic E-state index is 0.508. The van der Waals surface area contributed by atoms with Crippen LogP contribution in [0.1, 0.15) is 13.8 Å². The van der Waals surface area contributed by atoms with Crippen molar-refractivity contribution in [3.05, 3.63) is 93.4 Å². The fourth-order valence-electron chi connectivity index (χ4n) is 4.97. The molecular formula is C22H24Si. The molecule has 0 radical (unpaired) electrons. The van der Waals surface area contributed by atoms with E-state index in [0.717, 1.165) is 0 Å². The summed E-state index contributed by atoms with van der Waals surface area (Å²) in [4.78, 5) is 0. The van der Waals surface area contributed by atoms with Gasteiger partial charge in [-0.05, 0) is 25.0 Å². The molecule has 0 aromatic rings. The molecule has 23 heavy (non-hydrogen) atoms. The Labute approximate surface area is 140 Å². The van der Waals surface area contributed by atoms with Crippen molar-refractivity contribution in [1.29, 1.82) is 0 Å². The third-order valence-electron chi connectivity index (χ3n) is 5.71. The molecule has 0 aliphatic heterocycles. The molecule has 0 spiro atoms. The molecular weight excluding hydrogens is 292 g/mol. The first-order valence-electron chi connectivity index (χ1n) is 8.55. The largest absolute Gasteiger partial charge is 0.106 e. The third-order valence-corrected chi connectivity index (χ3v) is 9.81. The molecule has 116 valence electrons. The Morgan fingerprint density at radius 2 is 1.13 bits per heavy atom. The van der Waals surface area contributed by atoms with Crippen molar-refractivity contribution < 1.29 is 0 Å². The second-order valence-corrected chi connectivity index (χ2v) is 11.9. The van der Waals surface area contributed by atoms with Crippen LogP contribution >= 0.6 is 0 Å². The Hall–Kier alpha value is -1.86. The summed E-state index contributed by atoms with van der Waals surface area (Å²) in [6, 6.07) is 0. The van der Waals surface area contributed by atoms with E-state index in [4.69, 9.17) is 0 Å². The van der Waals surface area contributed by atoms with Gasteiger partial charge in [-0.3, -0.25) is 0 Å². The highest BCUT2D eigenvalue weighted by Crippen LogP contribution is 2.48. The van der Waals surface area contributed by atoms with Crippen LogP contribution in [-0.2, 0) is 0 Å². The molecule has 4 rings (SSSR count). The summed E-state index contributed by atoms with van der Waals surface area (Å²) in [7, 11) is -1.70. The van der Waals surface area contributed by atoms with E-state index in [9.17, 15) is 0 Å². The van der Waals surface area contributed by atoms with Crippen molar-refractivity contribution in [1.82, 2.24) is 0 Å². The zero-order valence-corrected chi connectivity index (χ0v) is 15.4. The quantitative estimate of drug-likeness (QED) is 0.567. The Morgan fingerprint density at radius 1 is 0.696 bits per heavy atom. The molecule has 1 heteroatoms. The minimum atomic E-state index is -1.70. The van der Waals surface area contributed by atoms with Crippen LogP contribution < -0.4 is 0 Å². The Kier molecular flexibility index (Phi) is 3.24. The van der Waals surface area contributed by atoms with Crippen molar-refractivity contribution in [3.63, 3.8) is 0 Å². The first-order chi connectivity index (χ1) is 11.0. The van der Waals surface area contributed by atoms with Crippen molar-refractivity contribution in [3.8, 4) is 0 Å². The fraction of sp³-hybridized carbons (Fsp3) is 0.273. The molecule has 2 unspecified atom stereocenters. The first kappa shape index (κ1) is 14.7. The molecule has 0 saturated heterocycles. The van der Waals surface area contributed by atoms with Gasteiger partial charge in [-0.15, -0.1) is 0 Å². The van der Waals surface area contributed by atoms with Crippen LogP contribution in [0.4, 0.5) is 0 Å². The Balaban J connectivity index is 1.78. The van der Waals surface area contributed by atoms with E-state index in [1.807, 2.05) is 0 Å². The SMILES string of the molecule is CC1=C([Si](C)(C)C2=C(C)C=C3C=CC=CC32)C2C=CC=CC2=C1. The second-order valence-electron chi connectivity index (χ2n) is 7.55. The van der Waals surface area contributed by atoms with Crippen LogP contribution in [0.15, 0.2) is 93.4 Å². The smallest absolute Gasteiger partial charge is 0.0733 e. The number of hydrogen-bond acceptors (Lipinski definition) is 0. The van der Waals surface area contributed by atoms with Gasteiger partial charge < -0.3 is 0 Å². The molecule has 2 atom stereocenters. The third kappa shape index (κ3) is 2.10. The van der Waals surface area contributed by atoms with Gasteiger partial charge in [-0.1, -0.05) is 95.4 Å². The second kappa shape index (κ2) is 5.07. The van der Waals surface area contributed by atoms with Gasteiger partial charge in [-0.2, -0.15) is 0 Å². The van der Waals surface area contributed by atoms with Crippen molar-refractivity contribution >= 4 is 8.07 Å². The standard InChI is InChI=1S/C22H24Si/c1-15-13-17-9-5-7-11-19(17)21(15)23(3,4)22-16(2)14-18-10-6-8-12-20(18)22/h5-14,19-20H,1-4H3. The summed E-state index contributed by atoms with van der Waals surface area (Å²) in [5.41, 5.74) is 5.96. The summed E-state index contributed by atoms with van der Waals surface area (Å²) in [6.07, 6.45) is 22.9. The normalized spacial score (nSPS) is 28.3. The lowest BCUT2D eigenvalue weighted by Crippen LogP contribution is -2.38. The van der Waals surface area contributed by atoms with Gasteiger partial charge in [0.25, 0.3) is 0 Å². The summed E-state index contributed by atoms with van der Waals surface area (Å²) in [5.74, 6) is 1.02. The van der Waals surface area contributed by atoms with Gasteiger partial charge in [-0.25, -0.2) is 0 Å². The highest BCUT2D eigenvalue weighted by Gasteiger charge is 2.43. The lowest BCUT2D eigenvalue weighted by molar-refractivity contribution is 0.946. The molecule has 4 aliphatic rings. The van der Waals surface area contributed by atoms with Crippen molar-refractivity contribution in [2.45, 2.75) is 26.9 Å². The highest BCUT2D eigenvalue weighted by atomic mass is 28.3. The molecule has 0 saturated carbocycles. The van der Waals surface area contributed by atoms with E-state index in [0.29, 0.717) is 11.8 Å².